The average molecular weight is 159 g/mol. The lowest BCUT2D eigenvalue weighted by Crippen LogP contribution is -2.11. The van der Waals surface area contributed by atoms with Crippen molar-refractivity contribution in [1.29, 1.82) is 0 Å². The Balaban J connectivity index is 3.07. The highest BCUT2D eigenvalue weighted by Crippen LogP contribution is 2.01. The monoisotopic (exact) mass is 158 g/mol. The van der Waals surface area contributed by atoms with Crippen molar-refractivity contribution in [2.24, 2.45) is 0 Å². The van der Waals surface area contributed by atoms with Gasteiger partial charge in [0.25, 0.3) is 0 Å². The normalized spacial score (nSPS) is 13.9. The Hall–Kier alpha value is 0.500. The lowest BCUT2D eigenvalue weighted by atomic mass is 10.3. The summed E-state index contributed by atoms with van der Waals surface area (Å²) >= 11 is 9.92. The van der Waals surface area contributed by atoms with Gasteiger partial charge in [0.1, 0.15) is 6.10 Å². The molecule has 0 aromatic carbocycles. The van der Waals surface area contributed by atoms with Crippen LogP contribution in [0.3, 0.4) is 0 Å². The third-order valence-electron chi connectivity index (χ3n) is 0.830. The Bertz CT molecular complexity index is 47.3. The van der Waals surface area contributed by atoms with Crippen molar-refractivity contribution in [3.8, 4) is 0 Å². The van der Waals surface area contributed by atoms with E-state index < -0.39 is 0 Å². The fourth-order valence-corrected chi connectivity index (χ4v) is 0.595. The number of hydrogen-bond acceptors (Lipinski definition) is 2. The van der Waals surface area contributed by atoms with Crippen molar-refractivity contribution in [3.05, 3.63) is 0 Å². The van der Waals surface area contributed by atoms with Gasteiger partial charge >= 0.3 is 0 Å². The molecule has 0 fully saturated rings. The third-order valence-corrected chi connectivity index (χ3v) is 1.21. The molecule has 1 atom stereocenters. The van der Waals surface area contributed by atoms with Gasteiger partial charge in [0.15, 0.2) is 0 Å². The van der Waals surface area contributed by atoms with Crippen LogP contribution < -0.4 is 0 Å². The fraction of sp³-hybridized carbons (Fsp3) is 1.00. The molecule has 0 aliphatic rings. The van der Waals surface area contributed by atoms with E-state index in [-0.39, 0.29) is 6.10 Å². The minimum atomic E-state index is -0.0887. The molecule has 0 aliphatic carbocycles. The van der Waals surface area contributed by atoms with Crippen molar-refractivity contribution in [1.82, 2.24) is 0 Å². The van der Waals surface area contributed by atoms with Crippen molar-refractivity contribution in [3.63, 3.8) is 0 Å². The largest absolute Gasteiger partial charge is 0.276 e. The molecule has 2 nitrogen and oxygen atoms in total. The van der Waals surface area contributed by atoms with Gasteiger partial charge in [-0.05, 0) is 6.42 Å². The van der Waals surface area contributed by atoms with E-state index in [1.54, 1.807) is 0 Å². The summed E-state index contributed by atoms with van der Waals surface area (Å²) < 4.78 is 8.65. The lowest BCUT2D eigenvalue weighted by molar-refractivity contribution is 0.144. The highest BCUT2D eigenvalue weighted by atomic mass is 35.5. The van der Waals surface area contributed by atoms with Crippen LogP contribution in [0.15, 0.2) is 0 Å². The first-order valence-corrected chi connectivity index (χ1v) is 2.97. The molecule has 0 saturated carbocycles. The predicted molar refractivity (Wildman–Crippen MR) is 32.8 cm³/mol. The van der Waals surface area contributed by atoms with Crippen molar-refractivity contribution < 1.29 is 8.58 Å². The topological polar surface area (TPSA) is 18.5 Å². The van der Waals surface area contributed by atoms with E-state index in [2.05, 4.69) is 8.58 Å². The fourth-order valence-electron chi connectivity index (χ4n) is 0.277. The zero-order valence-electron chi connectivity index (χ0n) is 4.56. The molecule has 0 N–H and O–H groups in total. The molecule has 1 unspecified atom stereocenters. The van der Waals surface area contributed by atoms with Gasteiger partial charge in [-0.3, -0.25) is 8.58 Å². The van der Waals surface area contributed by atoms with Crippen LogP contribution in [0.2, 0.25) is 0 Å². The van der Waals surface area contributed by atoms with E-state index in [9.17, 15) is 0 Å². The maximum Gasteiger partial charge on any atom is 0.104 e. The van der Waals surface area contributed by atoms with Gasteiger partial charge in [-0.1, -0.05) is 6.92 Å². The highest BCUT2D eigenvalue weighted by molar-refractivity contribution is 6.08. The van der Waals surface area contributed by atoms with Crippen LogP contribution >= 0.6 is 23.7 Å². The first-order chi connectivity index (χ1) is 3.85. The summed E-state index contributed by atoms with van der Waals surface area (Å²) in [6, 6.07) is 0. The Morgan fingerprint density at radius 3 is 2.25 bits per heavy atom. The van der Waals surface area contributed by atoms with Gasteiger partial charge in [-0.2, -0.15) is 0 Å². The molecule has 8 heavy (non-hydrogen) atoms. The third kappa shape index (κ3) is 3.50. The molecule has 0 amide bonds. The van der Waals surface area contributed by atoms with E-state index in [0.717, 1.165) is 6.42 Å². The number of rotatable bonds is 4. The maximum absolute atomic E-state index is 5.01. The van der Waals surface area contributed by atoms with Crippen LogP contribution in [0.25, 0.3) is 0 Å². The van der Waals surface area contributed by atoms with Crippen LogP contribution in [-0.2, 0) is 8.58 Å². The summed E-state index contributed by atoms with van der Waals surface area (Å²) in [5, 5.41) is 0. The van der Waals surface area contributed by atoms with Crippen molar-refractivity contribution >= 4 is 23.7 Å². The molecule has 0 spiro atoms. The molecular weight excluding hydrogens is 151 g/mol. The SMILES string of the molecule is CCC(COCl)OCl. The summed E-state index contributed by atoms with van der Waals surface area (Å²) in [5.74, 6) is 0. The van der Waals surface area contributed by atoms with Gasteiger partial charge in [0.2, 0.25) is 0 Å². The minimum Gasteiger partial charge on any atom is -0.276 e. The predicted octanol–water partition coefficient (Wildman–Crippen LogP) is 2.11. The van der Waals surface area contributed by atoms with Gasteiger partial charge in [-0.25, -0.2) is 0 Å². The Kier molecular flexibility index (Phi) is 5.99. The van der Waals surface area contributed by atoms with E-state index in [1.165, 1.54) is 0 Å². The Morgan fingerprint density at radius 1 is 1.50 bits per heavy atom. The van der Waals surface area contributed by atoms with E-state index in [4.69, 9.17) is 23.7 Å². The molecule has 0 aromatic heterocycles. The highest BCUT2D eigenvalue weighted by Gasteiger charge is 2.03. The van der Waals surface area contributed by atoms with Crippen LogP contribution in [0, 0.1) is 0 Å². The molecule has 0 saturated heterocycles. The zero-order valence-corrected chi connectivity index (χ0v) is 6.08. The van der Waals surface area contributed by atoms with Crippen LogP contribution in [0.1, 0.15) is 13.3 Å². The zero-order chi connectivity index (χ0) is 6.41. The molecule has 0 aliphatic heterocycles. The van der Waals surface area contributed by atoms with Gasteiger partial charge in [0.05, 0.1) is 30.3 Å². The number of hydrogen-bond donors (Lipinski definition) is 0. The summed E-state index contributed by atoms with van der Waals surface area (Å²) in [5.41, 5.74) is 0. The molecule has 50 valence electrons. The molecule has 0 radical (unpaired) electrons. The summed E-state index contributed by atoms with van der Waals surface area (Å²) in [4.78, 5) is 0. The Morgan fingerprint density at radius 2 is 2.12 bits per heavy atom. The number of halogens is 2. The average Bonchev–Trinajstić information content (AvgIpc) is 1.83. The molecule has 0 rings (SSSR count). The standard InChI is InChI=1S/C4H8Cl2O2/c1-2-4(8-6)3-7-5/h4H,2-3H2,1H3. The first kappa shape index (κ1) is 8.50. The Labute approximate surface area is 59.0 Å². The smallest absolute Gasteiger partial charge is 0.104 e. The van der Waals surface area contributed by atoms with Gasteiger partial charge < -0.3 is 0 Å². The minimum absolute atomic E-state index is 0.0887. The van der Waals surface area contributed by atoms with Crippen molar-refractivity contribution in [2.75, 3.05) is 6.61 Å². The van der Waals surface area contributed by atoms with Crippen LogP contribution in [-0.4, -0.2) is 12.7 Å². The van der Waals surface area contributed by atoms with Crippen molar-refractivity contribution in [2.45, 2.75) is 19.4 Å². The van der Waals surface area contributed by atoms with E-state index in [1.807, 2.05) is 6.92 Å². The molecular formula is C4H8Cl2O2. The lowest BCUT2D eigenvalue weighted by Gasteiger charge is -2.05. The van der Waals surface area contributed by atoms with E-state index in [0.29, 0.717) is 6.61 Å². The summed E-state index contributed by atoms with van der Waals surface area (Å²) in [6.07, 6.45) is 0.713. The van der Waals surface area contributed by atoms with E-state index >= 15 is 0 Å². The second-order valence-corrected chi connectivity index (χ2v) is 1.79. The molecule has 0 bridgehead atoms. The molecule has 0 heterocycles. The first-order valence-electron chi connectivity index (χ1n) is 2.36. The summed E-state index contributed by atoms with van der Waals surface area (Å²) in [7, 11) is 0. The summed E-state index contributed by atoms with van der Waals surface area (Å²) in [6.45, 7) is 2.27. The van der Waals surface area contributed by atoms with Gasteiger partial charge in [0, 0.05) is 0 Å². The quantitative estimate of drug-likeness (QED) is 0.625. The molecule has 4 heteroatoms. The molecule has 0 aromatic rings. The van der Waals surface area contributed by atoms with Crippen LogP contribution in [0.4, 0.5) is 0 Å². The van der Waals surface area contributed by atoms with Gasteiger partial charge in [-0.15, -0.1) is 0 Å². The second-order valence-electron chi connectivity index (χ2n) is 1.40. The second kappa shape index (κ2) is 5.63. The van der Waals surface area contributed by atoms with Crippen LogP contribution in [0.5, 0.6) is 0 Å². The maximum atomic E-state index is 5.01.